The van der Waals surface area contributed by atoms with E-state index in [2.05, 4.69) is 82.9 Å². The number of imidazole rings is 1. The van der Waals surface area contributed by atoms with Crippen molar-refractivity contribution in [2.45, 2.75) is 7.43 Å². The van der Waals surface area contributed by atoms with Gasteiger partial charge < -0.3 is 87.2 Å². The van der Waals surface area contributed by atoms with Crippen LogP contribution in [0.4, 0.5) is 51.2 Å². The Kier molecular flexibility index (Phi) is 28.1. The van der Waals surface area contributed by atoms with E-state index in [4.69, 9.17) is 49.0 Å². The van der Waals surface area contributed by atoms with Gasteiger partial charge in [0.2, 0.25) is 11.8 Å². The van der Waals surface area contributed by atoms with Crippen molar-refractivity contribution >= 4 is 80.1 Å². The number of ether oxygens (including phenoxy) is 2. The van der Waals surface area contributed by atoms with Gasteiger partial charge in [-0.15, -0.1) is 0 Å². The second-order valence-corrected chi connectivity index (χ2v) is 24.0. The first kappa shape index (κ1) is 75.8. The number of aromatic amines is 1. The summed E-state index contributed by atoms with van der Waals surface area (Å²) in [4.78, 5) is 63.6. The first-order valence-electron chi connectivity index (χ1n) is 31.8. The Morgan fingerprint density at radius 2 is 0.970 bits per heavy atom. The maximum absolute atomic E-state index is 11.0. The highest BCUT2D eigenvalue weighted by atomic mass is 35.5. The lowest BCUT2D eigenvalue weighted by Crippen LogP contribution is -2.44. The molecule has 99 heavy (non-hydrogen) atoms. The monoisotopic (exact) mass is 1370 g/mol. The second-order valence-electron chi connectivity index (χ2n) is 23.6. The number of hydrogen-bond acceptors (Lipinski definition) is 24. The van der Waals surface area contributed by atoms with Crippen molar-refractivity contribution in [3.63, 3.8) is 0 Å². The molecule has 0 aliphatic carbocycles. The number of nitrogens with one attached hydrogen (secondary N) is 2. The molecule has 0 amide bonds. The zero-order valence-electron chi connectivity index (χ0n) is 56.1. The van der Waals surface area contributed by atoms with Gasteiger partial charge in [-0.05, 0) is 136 Å². The number of carbonyl (C=O) groups excluding carboxylic acids is 1. The van der Waals surface area contributed by atoms with Gasteiger partial charge in [-0.1, -0.05) is 55.4 Å². The van der Waals surface area contributed by atoms with Crippen molar-refractivity contribution in [1.29, 1.82) is 0 Å². The molecule has 0 saturated carbocycles. The molecule has 0 radical (unpaired) electrons. The number of halogens is 1. The molecule has 4 aliphatic rings. The number of piperazine rings is 4. The van der Waals surface area contributed by atoms with Crippen LogP contribution in [-0.4, -0.2) is 213 Å². The smallest absolute Gasteiger partial charge is 0.315 e. The third-order valence-corrected chi connectivity index (χ3v) is 17.2. The molecule has 27 nitrogen and oxygen atoms in total. The maximum Gasteiger partial charge on any atom is 0.315 e. The van der Waals surface area contributed by atoms with E-state index in [0.29, 0.717) is 46.5 Å². The van der Waals surface area contributed by atoms with Gasteiger partial charge in [0.15, 0.2) is 6.29 Å². The van der Waals surface area contributed by atoms with E-state index in [1.54, 1.807) is 68.0 Å². The Balaban J connectivity index is 0.000000177. The van der Waals surface area contributed by atoms with Crippen molar-refractivity contribution in [1.82, 2.24) is 44.9 Å². The summed E-state index contributed by atoms with van der Waals surface area (Å²) in [7, 11) is 11.6. The molecule has 4 fully saturated rings. The topological polar surface area (TPSA) is 356 Å². The zero-order chi connectivity index (χ0) is 70.4. The molecule has 7 heterocycles. The average Bonchev–Trinajstić information content (AvgIpc) is 1.66. The van der Waals surface area contributed by atoms with E-state index in [9.17, 15) is 35.2 Å². The number of aromatic hydroxyl groups is 2. The number of fused-ring (bicyclic) bond motifs is 1. The van der Waals surface area contributed by atoms with Crippen LogP contribution in [0.5, 0.6) is 23.3 Å². The van der Waals surface area contributed by atoms with Gasteiger partial charge >= 0.3 is 11.4 Å². The lowest BCUT2D eigenvalue weighted by Gasteiger charge is -2.34. The minimum absolute atomic E-state index is 0. The zero-order valence-corrected chi connectivity index (χ0v) is 56.8. The van der Waals surface area contributed by atoms with Crippen LogP contribution in [0.25, 0.3) is 44.7 Å². The lowest BCUT2D eigenvalue weighted by molar-refractivity contribution is -0.383. The number of hydrogen-bond donors (Lipinski definition) is 8. The molecule has 0 bridgehead atoms. The third kappa shape index (κ3) is 20.3. The summed E-state index contributed by atoms with van der Waals surface area (Å²) in [6.45, 7) is 16.3. The number of likely N-dealkylation sites (N-methyl/N-ethyl adjacent to an activating group) is 4. The quantitative estimate of drug-likeness (QED) is 0.0258. The number of nitrogens with two attached hydrogens (primary N) is 4. The highest BCUT2D eigenvalue weighted by Crippen LogP contribution is 2.39. The summed E-state index contributed by atoms with van der Waals surface area (Å²) in [6.07, 6.45) is 3.94. The van der Waals surface area contributed by atoms with Gasteiger partial charge in [0.1, 0.15) is 44.9 Å². The van der Waals surface area contributed by atoms with E-state index in [-0.39, 0.29) is 52.3 Å². The lowest BCUT2D eigenvalue weighted by atomic mass is 10.0. The summed E-state index contributed by atoms with van der Waals surface area (Å²) in [5.41, 5.74) is 33.1. The standard InChI is InChI=1S/C24H25N5O2.C13H11NO3.C11H16N4O2.C11H18N4.C6H5ClN2O2.C5H12N2.CH4/c1-28-11-13-29(14-12-28)20-7-3-6-19-22(20)27-23(26-19)18-15-16(8-9-21(18)30)17-5-4-10-25-24(17)31-2;1-17-13-11(3-2-6-14-13)9-4-5-12(16)10(7-9)8-15;1-13-5-7-14(8-6-13)10-4-2-3-9(12)11(10)15(16)17;1-14-5-7-15(8-6-14)10-4-2-3-9(12)11(10)13;7-4-2-1-3-5(8)6(4)9(10)11;1-7-4-2-6-3-5-7;/h3-10,15,30H,11-14H2,1-2H3,(H,26,27);2-8,16H,1H3;2-4H,5-8,12H2,1H3;2-4H,5-8,12-13H2,1H3;1-3H,8H2;6H,2-5H2,1H3;1H4. The molecule has 4 saturated heterocycles. The molecule has 9 aromatic rings. The Labute approximate surface area is 582 Å². The first-order chi connectivity index (χ1) is 47.2. The molecule has 3 aromatic heterocycles. The molecule has 6 aromatic carbocycles. The highest BCUT2D eigenvalue weighted by Gasteiger charge is 2.26. The number of H-pyrrole nitrogens is 1. The maximum atomic E-state index is 11.0. The van der Waals surface area contributed by atoms with Crippen LogP contribution in [0.2, 0.25) is 5.02 Å². The average molecular weight is 1380 g/mol. The predicted octanol–water partition coefficient (Wildman–Crippen LogP) is 9.55. The van der Waals surface area contributed by atoms with Crippen LogP contribution in [0.15, 0.2) is 146 Å². The summed E-state index contributed by atoms with van der Waals surface area (Å²) in [6, 6.07) is 39.2. The number of nitrogens with zero attached hydrogens (tertiary/aromatic N) is 12. The van der Waals surface area contributed by atoms with Crippen molar-refractivity contribution in [2.75, 3.05) is 185 Å². The number of nitro benzene ring substituents is 2. The Morgan fingerprint density at radius 3 is 1.45 bits per heavy atom. The van der Waals surface area contributed by atoms with Crippen LogP contribution in [0.1, 0.15) is 17.8 Å². The van der Waals surface area contributed by atoms with Crippen molar-refractivity contribution in [2.24, 2.45) is 0 Å². The highest BCUT2D eigenvalue weighted by molar-refractivity contribution is 6.33. The number of carbonyl (C=O) groups is 1. The molecule has 526 valence electrons. The molecule has 0 unspecified atom stereocenters. The number of para-hydroxylation sites is 4. The molecule has 0 atom stereocenters. The number of methoxy groups -OCH3 is 2. The molecular formula is C71H91ClN18O9. The number of aromatic nitrogens is 4. The first-order valence-corrected chi connectivity index (χ1v) is 32.2. The minimum atomic E-state index is -0.600. The Bertz CT molecular complexity index is 4100. The van der Waals surface area contributed by atoms with Gasteiger partial charge in [-0.2, -0.15) is 0 Å². The number of benzene rings is 6. The normalized spacial score (nSPS) is 14.9. The fourth-order valence-corrected chi connectivity index (χ4v) is 11.4. The summed E-state index contributed by atoms with van der Waals surface area (Å²) >= 11 is 5.50. The van der Waals surface area contributed by atoms with E-state index in [1.807, 2.05) is 66.5 Å². The van der Waals surface area contributed by atoms with E-state index in [0.717, 1.165) is 136 Å². The second kappa shape index (κ2) is 36.7. The Morgan fingerprint density at radius 1 is 0.525 bits per heavy atom. The van der Waals surface area contributed by atoms with Gasteiger partial charge in [0, 0.05) is 128 Å². The van der Waals surface area contributed by atoms with Gasteiger partial charge in [0.05, 0.1) is 63.5 Å². The van der Waals surface area contributed by atoms with Crippen molar-refractivity contribution in [3.8, 4) is 56.9 Å². The number of pyridine rings is 2. The SMILES string of the molecule is C.CN1CCN(c2cccc(N)c2N)CC1.CN1CCN(c2cccc(N)c2[N+](=O)[O-])CC1.CN1CCNCC1.COc1ncccc1-c1ccc(O)c(-c2nc3c(N4CCN(C)CC4)cccc3[nH]2)c1.COc1ncccc1-c1ccc(O)c(C=O)c1.Nc1cccc(Cl)c1[N+](=O)[O-]. The molecule has 13 rings (SSSR count). The molecule has 4 aliphatic heterocycles. The molecular weight excluding hydrogens is 1280 g/mol. The van der Waals surface area contributed by atoms with Crippen molar-refractivity contribution < 1.29 is 34.3 Å². The van der Waals surface area contributed by atoms with Crippen LogP contribution >= 0.6 is 11.6 Å². The van der Waals surface area contributed by atoms with Crippen LogP contribution in [0, 0.1) is 20.2 Å². The number of nitrogen functional groups attached to an aromatic ring is 4. The molecule has 12 N–H and O–H groups in total. The van der Waals surface area contributed by atoms with Crippen molar-refractivity contribution in [3.05, 3.63) is 177 Å². The number of nitro groups is 2. The van der Waals surface area contributed by atoms with E-state index < -0.39 is 9.85 Å². The van der Waals surface area contributed by atoms with E-state index in [1.165, 1.54) is 38.4 Å². The van der Waals surface area contributed by atoms with Crippen LogP contribution < -0.4 is 52.4 Å². The number of rotatable bonds is 11. The van der Waals surface area contributed by atoms with Gasteiger partial charge in [-0.25, -0.2) is 15.0 Å². The summed E-state index contributed by atoms with van der Waals surface area (Å²) < 4.78 is 10.5. The van der Waals surface area contributed by atoms with Crippen LogP contribution in [0.3, 0.4) is 0 Å². The fourth-order valence-electron chi connectivity index (χ4n) is 11.1. The van der Waals surface area contributed by atoms with Gasteiger partial charge in [-0.3, -0.25) is 25.0 Å². The largest absolute Gasteiger partial charge is 0.507 e. The van der Waals surface area contributed by atoms with Gasteiger partial charge in [0.25, 0.3) is 0 Å². The fraction of sp³-hybridized carbons (Fsp3) is 0.324. The Hall–Kier alpha value is -10.6. The van der Waals surface area contributed by atoms with E-state index >= 15 is 0 Å². The summed E-state index contributed by atoms with van der Waals surface area (Å²) in [5.74, 6) is 1.80. The number of phenols is 2. The molecule has 0 spiro atoms. The third-order valence-electron chi connectivity index (χ3n) is 16.9. The minimum Gasteiger partial charge on any atom is -0.507 e. The number of aldehydes is 1. The van der Waals surface area contributed by atoms with Crippen LogP contribution in [-0.2, 0) is 0 Å². The molecule has 28 heteroatoms. The predicted molar refractivity (Wildman–Crippen MR) is 398 cm³/mol. The number of anilines is 7. The summed E-state index contributed by atoms with van der Waals surface area (Å²) in [5, 5.41) is 44.7. The number of phenolic OH excluding ortho intramolecular Hbond substituents is 2.